The van der Waals surface area contributed by atoms with Gasteiger partial charge >= 0.3 is 0 Å². The Morgan fingerprint density at radius 1 is 1.31 bits per heavy atom. The van der Waals surface area contributed by atoms with Gasteiger partial charge in [-0.2, -0.15) is 0 Å². The lowest BCUT2D eigenvalue weighted by Crippen LogP contribution is -2.46. The van der Waals surface area contributed by atoms with Gasteiger partial charge in [0.15, 0.2) is 0 Å². The summed E-state index contributed by atoms with van der Waals surface area (Å²) in [4.78, 5) is 0. The molecule has 0 heterocycles. The Balaban J connectivity index is 4.46. The Morgan fingerprint density at radius 2 is 1.77 bits per heavy atom. The molecule has 0 bridgehead atoms. The molecule has 0 aliphatic rings. The molecule has 0 aromatic rings. The van der Waals surface area contributed by atoms with Crippen LogP contribution in [0.25, 0.3) is 0 Å². The van der Waals surface area contributed by atoms with Crippen LogP contribution < -0.4 is 5.73 Å². The van der Waals surface area contributed by atoms with Gasteiger partial charge in [0.05, 0.1) is 0 Å². The van der Waals surface area contributed by atoms with Crippen molar-refractivity contribution in [2.24, 2.45) is 17.1 Å². The Hall–Kier alpha value is -0.110. The summed E-state index contributed by atoms with van der Waals surface area (Å²) < 4.78 is 14.3. The highest BCUT2D eigenvalue weighted by molar-refractivity contribution is 4.92. The molecule has 0 rings (SSSR count). The van der Waals surface area contributed by atoms with Gasteiger partial charge in [0.1, 0.15) is 5.67 Å². The topological polar surface area (TPSA) is 26.0 Å². The van der Waals surface area contributed by atoms with Crippen molar-refractivity contribution >= 4 is 0 Å². The van der Waals surface area contributed by atoms with Crippen LogP contribution in [0.3, 0.4) is 0 Å². The van der Waals surface area contributed by atoms with E-state index in [1.165, 1.54) is 0 Å². The number of nitrogens with two attached hydrogens (primary N) is 1. The standard InChI is InChI=1S/C11H24FN/c1-6-9(2)7-11(12,8-13)10(3,4)5/h9H,6-8,13H2,1-5H3. The highest BCUT2D eigenvalue weighted by atomic mass is 19.1. The van der Waals surface area contributed by atoms with E-state index in [0.717, 1.165) is 6.42 Å². The molecular weight excluding hydrogens is 165 g/mol. The molecule has 0 aliphatic heterocycles. The lowest BCUT2D eigenvalue weighted by Gasteiger charge is -2.38. The van der Waals surface area contributed by atoms with Crippen LogP contribution >= 0.6 is 0 Å². The fourth-order valence-electron chi connectivity index (χ4n) is 1.39. The minimum atomic E-state index is -1.22. The summed E-state index contributed by atoms with van der Waals surface area (Å²) in [5.41, 5.74) is 3.95. The van der Waals surface area contributed by atoms with E-state index in [1.807, 2.05) is 20.8 Å². The summed E-state index contributed by atoms with van der Waals surface area (Å²) in [6.45, 7) is 10.0. The summed E-state index contributed by atoms with van der Waals surface area (Å²) in [5, 5.41) is 0. The van der Waals surface area contributed by atoms with E-state index in [2.05, 4.69) is 13.8 Å². The van der Waals surface area contributed by atoms with Gasteiger partial charge in [-0.05, 0) is 17.8 Å². The van der Waals surface area contributed by atoms with Crippen molar-refractivity contribution in [2.45, 2.75) is 53.1 Å². The summed E-state index contributed by atoms with van der Waals surface area (Å²) in [6, 6.07) is 0. The van der Waals surface area contributed by atoms with Crippen LogP contribution in [-0.4, -0.2) is 12.2 Å². The lowest BCUT2D eigenvalue weighted by molar-refractivity contribution is 0.0151. The number of rotatable bonds is 4. The molecule has 80 valence electrons. The van der Waals surface area contributed by atoms with Crippen molar-refractivity contribution in [1.29, 1.82) is 0 Å². The molecule has 2 atom stereocenters. The molecule has 0 saturated heterocycles. The van der Waals surface area contributed by atoms with E-state index in [1.54, 1.807) is 0 Å². The maximum absolute atomic E-state index is 14.3. The zero-order valence-corrected chi connectivity index (χ0v) is 9.65. The van der Waals surface area contributed by atoms with Crippen molar-refractivity contribution in [3.05, 3.63) is 0 Å². The second-order valence-corrected chi connectivity index (χ2v) is 5.14. The average molecular weight is 189 g/mol. The summed E-state index contributed by atoms with van der Waals surface area (Å²) in [6.07, 6.45) is 1.59. The van der Waals surface area contributed by atoms with E-state index in [0.29, 0.717) is 12.3 Å². The van der Waals surface area contributed by atoms with Crippen LogP contribution in [0.15, 0.2) is 0 Å². The van der Waals surface area contributed by atoms with Crippen molar-refractivity contribution in [3.8, 4) is 0 Å². The first-order chi connectivity index (χ1) is 5.77. The molecular formula is C11H24FN. The van der Waals surface area contributed by atoms with Gasteiger partial charge in [0.2, 0.25) is 0 Å². The third kappa shape index (κ3) is 3.26. The van der Waals surface area contributed by atoms with E-state index < -0.39 is 5.67 Å². The van der Waals surface area contributed by atoms with Crippen LogP contribution in [-0.2, 0) is 0 Å². The quantitative estimate of drug-likeness (QED) is 0.722. The molecule has 2 heteroatoms. The highest BCUT2D eigenvalue weighted by Crippen LogP contribution is 2.38. The molecule has 0 spiro atoms. The van der Waals surface area contributed by atoms with Crippen LogP contribution in [0.2, 0.25) is 0 Å². The molecule has 2 N–H and O–H groups in total. The zero-order valence-electron chi connectivity index (χ0n) is 9.65. The van der Waals surface area contributed by atoms with Gasteiger partial charge < -0.3 is 5.73 Å². The Bertz CT molecular complexity index is 151. The van der Waals surface area contributed by atoms with Crippen molar-refractivity contribution in [1.82, 2.24) is 0 Å². The second-order valence-electron chi connectivity index (χ2n) is 5.14. The predicted octanol–water partition coefficient (Wildman–Crippen LogP) is 3.14. The third-order valence-corrected chi connectivity index (χ3v) is 3.04. The Labute approximate surface area is 81.9 Å². The predicted molar refractivity (Wildman–Crippen MR) is 56.4 cm³/mol. The average Bonchev–Trinajstić information content (AvgIpc) is 2.02. The minimum Gasteiger partial charge on any atom is -0.328 e. The van der Waals surface area contributed by atoms with Crippen LogP contribution in [0.5, 0.6) is 0 Å². The van der Waals surface area contributed by atoms with Crippen LogP contribution in [0.1, 0.15) is 47.5 Å². The first kappa shape index (κ1) is 12.9. The molecule has 2 unspecified atom stereocenters. The normalized spacial score (nSPS) is 19.6. The molecule has 13 heavy (non-hydrogen) atoms. The molecule has 0 aromatic heterocycles. The highest BCUT2D eigenvalue weighted by Gasteiger charge is 2.41. The Morgan fingerprint density at radius 3 is 2.00 bits per heavy atom. The maximum atomic E-state index is 14.3. The van der Waals surface area contributed by atoms with Crippen LogP contribution in [0.4, 0.5) is 4.39 Å². The van der Waals surface area contributed by atoms with E-state index >= 15 is 0 Å². The smallest absolute Gasteiger partial charge is 0.128 e. The lowest BCUT2D eigenvalue weighted by atomic mass is 9.73. The summed E-state index contributed by atoms with van der Waals surface area (Å²) >= 11 is 0. The molecule has 0 saturated carbocycles. The first-order valence-electron chi connectivity index (χ1n) is 5.16. The molecule has 0 radical (unpaired) electrons. The van der Waals surface area contributed by atoms with Crippen molar-refractivity contribution in [3.63, 3.8) is 0 Å². The number of halogens is 1. The van der Waals surface area contributed by atoms with E-state index in [9.17, 15) is 4.39 Å². The largest absolute Gasteiger partial charge is 0.328 e. The third-order valence-electron chi connectivity index (χ3n) is 3.04. The van der Waals surface area contributed by atoms with Gasteiger partial charge in [-0.25, -0.2) is 4.39 Å². The molecule has 0 aliphatic carbocycles. The number of hydrogen-bond acceptors (Lipinski definition) is 1. The van der Waals surface area contributed by atoms with Gasteiger partial charge in [-0.1, -0.05) is 41.0 Å². The Kier molecular flexibility index (Phi) is 4.37. The SMILES string of the molecule is CCC(C)CC(F)(CN)C(C)(C)C. The molecule has 0 amide bonds. The second kappa shape index (κ2) is 4.41. The first-order valence-corrected chi connectivity index (χ1v) is 5.16. The summed E-state index contributed by atoms with van der Waals surface area (Å²) in [7, 11) is 0. The zero-order chi connectivity index (χ0) is 10.7. The maximum Gasteiger partial charge on any atom is 0.128 e. The van der Waals surface area contributed by atoms with Gasteiger partial charge in [0, 0.05) is 6.54 Å². The van der Waals surface area contributed by atoms with E-state index in [-0.39, 0.29) is 12.0 Å². The fourth-order valence-corrected chi connectivity index (χ4v) is 1.39. The molecule has 1 nitrogen and oxygen atoms in total. The minimum absolute atomic E-state index is 0.126. The summed E-state index contributed by atoms with van der Waals surface area (Å²) in [5.74, 6) is 0.410. The van der Waals surface area contributed by atoms with Crippen molar-refractivity contribution in [2.75, 3.05) is 6.54 Å². The van der Waals surface area contributed by atoms with Gasteiger partial charge in [-0.15, -0.1) is 0 Å². The van der Waals surface area contributed by atoms with Gasteiger partial charge in [-0.3, -0.25) is 0 Å². The van der Waals surface area contributed by atoms with Crippen LogP contribution in [0, 0.1) is 11.3 Å². The fraction of sp³-hybridized carbons (Fsp3) is 1.00. The van der Waals surface area contributed by atoms with Crippen molar-refractivity contribution < 1.29 is 4.39 Å². The number of alkyl halides is 1. The molecule has 0 aromatic carbocycles. The monoisotopic (exact) mass is 189 g/mol. The van der Waals surface area contributed by atoms with Gasteiger partial charge in [0.25, 0.3) is 0 Å². The number of hydrogen-bond donors (Lipinski definition) is 1. The molecule has 0 fully saturated rings. The van der Waals surface area contributed by atoms with E-state index in [4.69, 9.17) is 5.73 Å².